The number of hydrogen-bond acceptors (Lipinski definition) is 3. The van der Waals surface area contributed by atoms with Crippen molar-refractivity contribution in [1.29, 1.82) is 0 Å². The second kappa shape index (κ2) is 6.72. The van der Waals surface area contributed by atoms with Gasteiger partial charge in [-0.2, -0.15) is 0 Å². The highest BCUT2D eigenvalue weighted by Crippen LogP contribution is 2.19. The molecule has 0 spiro atoms. The van der Waals surface area contributed by atoms with E-state index >= 15 is 0 Å². The van der Waals surface area contributed by atoms with Crippen LogP contribution in [0.15, 0.2) is 0 Å². The number of piperidine rings is 1. The van der Waals surface area contributed by atoms with Crippen LogP contribution in [0.4, 0.5) is 0 Å². The van der Waals surface area contributed by atoms with Crippen molar-refractivity contribution < 1.29 is 4.74 Å². The number of nitrogens with zero attached hydrogens (tertiary/aromatic N) is 1. The van der Waals surface area contributed by atoms with Crippen molar-refractivity contribution in [3.63, 3.8) is 0 Å². The van der Waals surface area contributed by atoms with Gasteiger partial charge in [-0.1, -0.05) is 13.3 Å². The highest BCUT2D eigenvalue weighted by molar-refractivity contribution is 4.82. The summed E-state index contributed by atoms with van der Waals surface area (Å²) in [5.41, 5.74) is 0. The molecule has 2 unspecified atom stereocenters. The predicted octanol–water partition coefficient (Wildman–Crippen LogP) is 2.02. The van der Waals surface area contributed by atoms with Crippen LogP contribution >= 0.6 is 0 Å². The van der Waals surface area contributed by atoms with E-state index in [1.165, 1.54) is 38.6 Å². The van der Waals surface area contributed by atoms with E-state index in [0.29, 0.717) is 12.1 Å². The fourth-order valence-corrected chi connectivity index (χ4v) is 2.51. The zero-order valence-corrected chi connectivity index (χ0v) is 11.5. The van der Waals surface area contributed by atoms with Gasteiger partial charge >= 0.3 is 0 Å². The maximum atomic E-state index is 6.08. The molecule has 2 aliphatic rings. The number of rotatable bonds is 7. The van der Waals surface area contributed by atoms with Gasteiger partial charge in [0, 0.05) is 18.6 Å². The minimum Gasteiger partial charge on any atom is -0.375 e. The van der Waals surface area contributed by atoms with Gasteiger partial charge in [-0.3, -0.25) is 0 Å². The first-order valence-corrected chi connectivity index (χ1v) is 7.34. The zero-order chi connectivity index (χ0) is 12.1. The van der Waals surface area contributed by atoms with Gasteiger partial charge in [0.2, 0.25) is 0 Å². The largest absolute Gasteiger partial charge is 0.375 e. The second-order valence-corrected chi connectivity index (χ2v) is 5.68. The summed E-state index contributed by atoms with van der Waals surface area (Å²) in [5, 5.41) is 3.57. The van der Waals surface area contributed by atoms with E-state index in [0.717, 1.165) is 25.6 Å². The molecule has 1 heterocycles. The molecule has 0 amide bonds. The molecule has 17 heavy (non-hydrogen) atoms. The first kappa shape index (κ1) is 13.3. The quantitative estimate of drug-likeness (QED) is 0.737. The molecule has 2 rings (SSSR count). The van der Waals surface area contributed by atoms with Crippen LogP contribution in [-0.2, 0) is 4.74 Å². The number of likely N-dealkylation sites (N-methyl/N-ethyl adjacent to an activating group) is 1. The van der Waals surface area contributed by atoms with Crippen LogP contribution in [0.2, 0.25) is 0 Å². The average Bonchev–Trinajstić information content (AvgIpc) is 3.15. The molecule has 1 N–H and O–H groups in total. The Morgan fingerprint density at radius 1 is 1.29 bits per heavy atom. The highest BCUT2D eigenvalue weighted by Gasteiger charge is 2.23. The Morgan fingerprint density at radius 3 is 2.76 bits per heavy atom. The van der Waals surface area contributed by atoms with Crippen molar-refractivity contribution in [3.8, 4) is 0 Å². The van der Waals surface area contributed by atoms with E-state index in [-0.39, 0.29) is 0 Å². The first-order chi connectivity index (χ1) is 8.29. The van der Waals surface area contributed by atoms with Crippen LogP contribution in [0, 0.1) is 0 Å². The van der Waals surface area contributed by atoms with Crippen molar-refractivity contribution >= 4 is 0 Å². The van der Waals surface area contributed by atoms with Gasteiger partial charge in [-0.25, -0.2) is 0 Å². The molecule has 1 aliphatic carbocycles. The summed E-state index contributed by atoms with van der Waals surface area (Å²) in [6, 6.07) is 1.45. The molecule has 0 bridgehead atoms. The summed E-state index contributed by atoms with van der Waals surface area (Å²) in [6.45, 7) is 5.42. The van der Waals surface area contributed by atoms with E-state index in [9.17, 15) is 0 Å². The molecule has 1 aliphatic heterocycles. The van der Waals surface area contributed by atoms with Gasteiger partial charge < -0.3 is 15.0 Å². The van der Waals surface area contributed by atoms with E-state index in [1.54, 1.807) is 0 Å². The number of nitrogens with one attached hydrogen (secondary N) is 1. The van der Waals surface area contributed by atoms with Crippen LogP contribution in [0.1, 0.15) is 45.4 Å². The standard InChI is InChI=1S/C14H28N2O/c1-3-14(10-15-12-7-8-12)17-11-13-6-4-5-9-16(13)2/h12-15H,3-11H2,1-2H3. The molecule has 0 aromatic rings. The lowest BCUT2D eigenvalue weighted by Gasteiger charge is -2.33. The van der Waals surface area contributed by atoms with E-state index in [1.807, 2.05) is 0 Å². The predicted molar refractivity (Wildman–Crippen MR) is 71.3 cm³/mol. The molecule has 0 aromatic heterocycles. The van der Waals surface area contributed by atoms with E-state index < -0.39 is 0 Å². The Morgan fingerprint density at radius 2 is 2.12 bits per heavy atom. The third-order valence-corrected chi connectivity index (χ3v) is 4.11. The van der Waals surface area contributed by atoms with Gasteiger partial charge in [0.15, 0.2) is 0 Å². The van der Waals surface area contributed by atoms with Crippen LogP contribution in [-0.4, -0.2) is 49.8 Å². The molecule has 3 heteroatoms. The lowest BCUT2D eigenvalue weighted by atomic mass is 10.0. The van der Waals surface area contributed by atoms with Gasteiger partial charge in [-0.15, -0.1) is 0 Å². The van der Waals surface area contributed by atoms with Gasteiger partial charge in [0.1, 0.15) is 0 Å². The van der Waals surface area contributed by atoms with E-state index in [2.05, 4.69) is 24.2 Å². The Labute approximate surface area is 106 Å². The fourth-order valence-electron chi connectivity index (χ4n) is 2.51. The maximum absolute atomic E-state index is 6.08. The van der Waals surface area contributed by atoms with Crippen molar-refractivity contribution in [2.45, 2.75) is 63.6 Å². The molecule has 3 nitrogen and oxygen atoms in total. The third kappa shape index (κ3) is 4.57. The summed E-state index contributed by atoms with van der Waals surface area (Å²) in [6.07, 6.45) is 8.29. The molecule has 0 aromatic carbocycles. The lowest BCUT2D eigenvalue weighted by Crippen LogP contribution is -2.41. The number of hydrogen-bond donors (Lipinski definition) is 1. The smallest absolute Gasteiger partial charge is 0.0697 e. The molecule has 0 radical (unpaired) electrons. The lowest BCUT2D eigenvalue weighted by molar-refractivity contribution is 0.00259. The molecule has 2 fully saturated rings. The molecule has 100 valence electrons. The van der Waals surface area contributed by atoms with Crippen LogP contribution in [0.3, 0.4) is 0 Å². The summed E-state index contributed by atoms with van der Waals surface area (Å²) >= 11 is 0. The monoisotopic (exact) mass is 240 g/mol. The zero-order valence-electron chi connectivity index (χ0n) is 11.5. The molecule has 1 saturated heterocycles. The summed E-state index contributed by atoms with van der Waals surface area (Å²) < 4.78 is 6.08. The van der Waals surface area contributed by atoms with E-state index in [4.69, 9.17) is 4.74 Å². The molecular weight excluding hydrogens is 212 g/mol. The van der Waals surface area contributed by atoms with Crippen LogP contribution < -0.4 is 5.32 Å². The van der Waals surface area contributed by atoms with Gasteiger partial charge in [0.25, 0.3) is 0 Å². The SMILES string of the molecule is CCC(CNC1CC1)OCC1CCCCN1C. The van der Waals surface area contributed by atoms with Crippen molar-refractivity contribution in [1.82, 2.24) is 10.2 Å². The normalized spacial score (nSPS) is 28.2. The summed E-state index contributed by atoms with van der Waals surface area (Å²) in [4.78, 5) is 2.46. The summed E-state index contributed by atoms with van der Waals surface area (Å²) in [5.74, 6) is 0. The fraction of sp³-hybridized carbons (Fsp3) is 1.00. The van der Waals surface area contributed by atoms with Crippen LogP contribution in [0.5, 0.6) is 0 Å². The number of likely N-dealkylation sites (tertiary alicyclic amines) is 1. The Bertz CT molecular complexity index is 218. The minimum atomic E-state index is 0.408. The summed E-state index contributed by atoms with van der Waals surface area (Å²) in [7, 11) is 2.23. The average molecular weight is 240 g/mol. The third-order valence-electron chi connectivity index (χ3n) is 4.11. The second-order valence-electron chi connectivity index (χ2n) is 5.68. The van der Waals surface area contributed by atoms with Gasteiger partial charge in [-0.05, 0) is 45.7 Å². The molecule has 2 atom stereocenters. The Kier molecular flexibility index (Phi) is 5.26. The van der Waals surface area contributed by atoms with Crippen molar-refractivity contribution in [3.05, 3.63) is 0 Å². The molecular formula is C14H28N2O. The van der Waals surface area contributed by atoms with Crippen molar-refractivity contribution in [2.75, 3.05) is 26.7 Å². The Hall–Kier alpha value is -0.120. The number of ether oxygens (including phenoxy) is 1. The minimum absolute atomic E-state index is 0.408. The highest BCUT2D eigenvalue weighted by atomic mass is 16.5. The van der Waals surface area contributed by atoms with Gasteiger partial charge in [0.05, 0.1) is 12.7 Å². The van der Waals surface area contributed by atoms with Crippen LogP contribution in [0.25, 0.3) is 0 Å². The first-order valence-electron chi connectivity index (χ1n) is 7.34. The maximum Gasteiger partial charge on any atom is 0.0697 e. The Balaban J connectivity index is 1.63. The van der Waals surface area contributed by atoms with Crippen molar-refractivity contribution in [2.24, 2.45) is 0 Å². The molecule has 1 saturated carbocycles. The topological polar surface area (TPSA) is 24.5 Å².